The summed E-state index contributed by atoms with van der Waals surface area (Å²) in [6.07, 6.45) is 2.89. The maximum Gasteiger partial charge on any atom is 0.129 e. The van der Waals surface area contributed by atoms with E-state index < -0.39 is 0 Å². The Bertz CT molecular complexity index is 1100. The Balaban J connectivity index is 1.73. The maximum atomic E-state index is 15.0. The fourth-order valence-electron chi connectivity index (χ4n) is 4.31. The highest BCUT2D eigenvalue weighted by Gasteiger charge is 2.14. The Morgan fingerprint density at radius 1 is 0.516 bits per heavy atom. The van der Waals surface area contributed by atoms with Gasteiger partial charge in [-0.1, -0.05) is 43.3 Å². The Morgan fingerprint density at radius 3 is 1.55 bits per heavy atom. The molecule has 0 amide bonds. The molecule has 3 aromatic rings. The monoisotopic (exact) mass is 424 g/mol. The lowest BCUT2D eigenvalue weighted by Gasteiger charge is -2.14. The predicted octanol–water partition coefficient (Wildman–Crippen LogP) is 7.47. The highest BCUT2D eigenvalue weighted by Crippen LogP contribution is 2.24. The third-order valence-corrected chi connectivity index (χ3v) is 6.51. The standard InChI is InChI=1S/C28H31F3/c1-6-25-17(2)7-10-24(28(25)31)16-15-23-14-13-22(20(5)27(23)30)12-11-21-9-8-18(3)26(29)19(21)4/h7-10,13-14H,6,11-12,15-16H2,1-5H3. The summed E-state index contributed by atoms with van der Waals surface area (Å²) in [5.74, 6) is -0.533. The van der Waals surface area contributed by atoms with Gasteiger partial charge >= 0.3 is 0 Å². The first-order valence-electron chi connectivity index (χ1n) is 11.0. The summed E-state index contributed by atoms with van der Waals surface area (Å²) in [6, 6.07) is 11.3. The van der Waals surface area contributed by atoms with E-state index in [0.29, 0.717) is 59.9 Å². The zero-order valence-electron chi connectivity index (χ0n) is 19.1. The first-order chi connectivity index (χ1) is 14.7. The van der Waals surface area contributed by atoms with E-state index in [1.807, 2.05) is 44.2 Å². The first-order valence-corrected chi connectivity index (χ1v) is 11.0. The molecule has 0 nitrogen and oxygen atoms in total. The van der Waals surface area contributed by atoms with Crippen molar-refractivity contribution in [3.8, 4) is 0 Å². The molecule has 0 heterocycles. The van der Waals surface area contributed by atoms with Gasteiger partial charge in [-0.05, 0) is 110 Å². The topological polar surface area (TPSA) is 0 Å². The highest BCUT2D eigenvalue weighted by atomic mass is 19.1. The van der Waals surface area contributed by atoms with Crippen molar-refractivity contribution in [2.24, 2.45) is 0 Å². The molecule has 0 radical (unpaired) electrons. The molecule has 0 unspecified atom stereocenters. The molecular formula is C28H31F3. The smallest absolute Gasteiger partial charge is 0.129 e. The summed E-state index contributed by atoms with van der Waals surface area (Å²) in [5.41, 5.74) is 6.76. The van der Waals surface area contributed by atoms with Crippen molar-refractivity contribution in [1.82, 2.24) is 0 Å². The molecule has 0 saturated heterocycles. The van der Waals surface area contributed by atoms with Gasteiger partial charge in [0.25, 0.3) is 0 Å². The fraction of sp³-hybridized carbons (Fsp3) is 0.357. The van der Waals surface area contributed by atoms with E-state index in [0.717, 1.165) is 22.3 Å². The molecule has 3 aromatic carbocycles. The summed E-state index contributed by atoms with van der Waals surface area (Å²) in [7, 11) is 0. The molecule has 0 aliphatic rings. The summed E-state index contributed by atoms with van der Waals surface area (Å²) in [4.78, 5) is 0. The molecule has 0 saturated carbocycles. The van der Waals surface area contributed by atoms with Crippen LogP contribution in [0.1, 0.15) is 57.0 Å². The van der Waals surface area contributed by atoms with Crippen LogP contribution in [0.25, 0.3) is 0 Å². The van der Waals surface area contributed by atoms with Crippen molar-refractivity contribution >= 4 is 0 Å². The van der Waals surface area contributed by atoms with Crippen molar-refractivity contribution in [3.63, 3.8) is 0 Å². The summed E-state index contributed by atoms with van der Waals surface area (Å²) >= 11 is 0. The minimum absolute atomic E-state index is 0.156. The summed E-state index contributed by atoms with van der Waals surface area (Å²) in [5, 5.41) is 0. The van der Waals surface area contributed by atoms with Crippen LogP contribution in [-0.2, 0) is 32.1 Å². The molecule has 3 rings (SSSR count). The second-order valence-electron chi connectivity index (χ2n) is 8.49. The van der Waals surface area contributed by atoms with Crippen LogP contribution in [0.4, 0.5) is 13.2 Å². The molecule has 0 aromatic heterocycles. The largest absolute Gasteiger partial charge is 0.206 e. The van der Waals surface area contributed by atoms with E-state index in [4.69, 9.17) is 0 Å². The van der Waals surface area contributed by atoms with Gasteiger partial charge in [-0.15, -0.1) is 0 Å². The second-order valence-corrected chi connectivity index (χ2v) is 8.49. The number of halogens is 3. The molecule has 0 bridgehead atoms. The third kappa shape index (κ3) is 4.87. The van der Waals surface area contributed by atoms with Crippen LogP contribution in [-0.4, -0.2) is 0 Å². The van der Waals surface area contributed by atoms with Crippen molar-refractivity contribution in [3.05, 3.63) is 104 Å². The van der Waals surface area contributed by atoms with E-state index in [9.17, 15) is 8.78 Å². The van der Waals surface area contributed by atoms with E-state index in [2.05, 4.69) is 0 Å². The van der Waals surface area contributed by atoms with E-state index >= 15 is 4.39 Å². The zero-order valence-corrected chi connectivity index (χ0v) is 19.1. The number of hydrogen-bond donors (Lipinski definition) is 0. The van der Waals surface area contributed by atoms with Crippen LogP contribution >= 0.6 is 0 Å². The Kier molecular flexibility index (Phi) is 7.25. The first kappa shape index (κ1) is 23.1. The van der Waals surface area contributed by atoms with Gasteiger partial charge < -0.3 is 0 Å². The summed E-state index contributed by atoms with van der Waals surface area (Å²) < 4.78 is 43.9. The minimum atomic E-state index is -0.215. The van der Waals surface area contributed by atoms with Crippen LogP contribution < -0.4 is 0 Å². The van der Waals surface area contributed by atoms with Gasteiger partial charge in [0.2, 0.25) is 0 Å². The maximum absolute atomic E-state index is 15.0. The molecule has 31 heavy (non-hydrogen) atoms. The molecule has 0 aliphatic carbocycles. The number of benzene rings is 3. The van der Waals surface area contributed by atoms with Crippen LogP contribution in [0.15, 0.2) is 36.4 Å². The Hall–Kier alpha value is -2.55. The van der Waals surface area contributed by atoms with Crippen molar-refractivity contribution in [1.29, 1.82) is 0 Å². The average Bonchev–Trinajstić information content (AvgIpc) is 2.75. The van der Waals surface area contributed by atoms with Crippen LogP contribution in [0.3, 0.4) is 0 Å². The number of aryl methyl sites for hydroxylation is 6. The van der Waals surface area contributed by atoms with Gasteiger partial charge in [-0.25, -0.2) is 13.2 Å². The molecule has 3 heteroatoms. The van der Waals surface area contributed by atoms with Gasteiger partial charge in [0.05, 0.1) is 0 Å². The third-order valence-electron chi connectivity index (χ3n) is 6.51. The lowest BCUT2D eigenvalue weighted by Crippen LogP contribution is -2.05. The molecule has 0 fully saturated rings. The van der Waals surface area contributed by atoms with Crippen molar-refractivity contribution in [2.45, 2.75) is 66.7 Å². The normalized spacial score (nSPS) is 11.2. The van der Waals surface area contributed by atoms with Crippen molar-refractivity contribution in [2.75, 3.05) is 0 Å². The number of hydrogen-bond acceptors (Lipinski definition) is 0. The molecular weight excluding hydrogens is 393 g/mol. The van der Waals surface area contributed by atoms with Crippen molar-refractivity contribution < 1.29 is 13.2 Å². The molecule has 0 N–H and O–H groups in total. The van der Waals surface area contributed by atoms with Gasteiger partial charge in [0.1, 0.15) is 17.5 Å². The minimum Gasteiger partial charge on any atom is -0.206 e. The lowest BCUT2D eigenvalue weighted by atomic mass is 9.93. The van der Waals surface area contributed by atoms with Gasteiger partial charge in [0.15, 0.2) is 0 Å². The van der Waals surface area contributed by atoms with E-state index in [1.165, 1.54) is 0 Å². The van der Waals surface area contributed by atoms with Gasteiger partial charge in [0, 0.05) is 0 Å². The molecule has 164 valence electrons. The summed E-state index contributed by atoms with van der Waals surface area (Å²) in [6.45, 7) is 9.21. The van der Waals surface area contributed by atoms with Crippen LogP contribution in [0.5, 0.6) is 0 Å². The number of rotatable bonds is 7. The Morgan fingerprint density at radius 2 is 0.935 bits per heavy atom. The van der Waals surface area contributed by atoms with Gasteiger partial charge in [-0.2, -0.15) is 0 Å². The van der Waals surface area contributed by atoms with Crippen LogP contribution in [0, 0.1) is 45.1 Å². The van der Waals surface area contributed by atoms with Crippen LogP contribution in [0.2, 0.25) is 0 Å². The Labute approximate surface area is 184 Å². The lowest BCUT2D eigenvalue weighted by molar-refractivity contribution is 0.581. The van der Waals surface area contributed by atoms with Gasteiger partial charge in [-0.3, -0.25) is 0 Å². The predicted molar refractivity (Wildman–Crippen MR) is 122 cm³/mol. The zero-order chi connectivity index (χ0) is 22.7. The average molecular weight is 425 g/mol. The molecule has 0 spiro atoms. The fourth-order valence-corrected chi connectivity index (χ4v) is 4.31. The highest BCUT2D eigenvalue weighted by molar-refractivity contribution is 5.38. The molecule has 0 atom stereocenters. The van der Waals surface area contributed by atoms with E-state index in [-0.39, 0.29) is 17.5 Å². The van der Waals surface area contributed by atoms with E-state index in [1.54, 1.807) is 26.8 Å². The second kappa shape index (κ2) is 9.72. The quantitative estimate of drug-likeness (QED) is 0.369. The molecule has 0 aliphatic heterocycles. The SMILES string of the molecule is CCc1c(C)ccc(CCc2ccc(CCc3ccc(C)c(F)c3C)c(C)c2F)c1F.